The number of fused-ring (bicyclic) bond motifs is 1. The topological polar surface area (TPSA) is 138 Å². The SMILES string of the molecule is CCCC(CCO)Nc1nc(N)nc2cnn(Cc3ncc(C4CCN(C(=O)CN(C)C)CC4)cc3C)c12. The fraction of sp³-hybridized carbons (Fsp3) is 0.593. The molecule has 3 aromatic heterocycles. The van der Waals surface area contributed by atoms with Gasteiger partial charge in [-0.3, -0.25) is 14.5 Å². The molecule has 11 heteroatoms. The Hall–Kier alpha value is -3.31. The molecule has 11 nitrogen and oxygen atoms in total. The van der Waals surface area contributed by atoms with E-state index in [0.717, 1.165) is 55.5 Å². The van der Waals surface area contributed by atoms with Gasteiger partial charge in [-0.1, -0.05) is 19.4 Å². The van der Waals surface area contributed by atoms with Crippen LogP contribution in [-0.2, 0) is 11.3 Å². The molecule has 4 N–H and O–H groups in total. The van der Waals surface area contributed by atoms with Crippen LogP contribution >= 0.6 is 0 Å². The number of likely N-dealkylation sites (tertiary alicyclic amines) is 1. The van der Waals surface area contributed by atoms with Gasteiger partial charge in [0.2, 0.25) is 11.9 Å². The van der Waals surface area contributed by atoms with Crippen LogP contribution in [0.3, 0.4) is 0 Å². The highest BCUT2D eigenvalue weighted by atomic mass is 16.3. The molecular formula is C27H41N9O2. The number of nitrogens with two attached hydrogens (primary N) is 1. The number of aliphatic hydroxyl groups is 1. The molecule has 38 heavy (non-hydrogen) atoms. The minimum Gasteiger partial charge on any atom is -0.396 e. The molecule has 0 saturated carbocycles. The van der Waals surface area contributed by atoms with Crippen molar-refractivity contribution in [3.05, 3.63) is 35.3 Å². The molecule has 3 aromatic rings. The molecule has 1 aliphatic heterocycles. The Kier molecular flexibility index (Phi) is 9.11. The van der Waals surface area contributed by atoms with E-state index in [0.29, 0.717) is 36.8 Å². The highest BCUT2D eigenvalue weighted by molar-refractivity contribution is 5.86. The number of aryl methyl sites for hydroxylation is 1. The third kappa shape index (κ3) is 6.57. The Morgan fingerprint density at radius 2 is 2.00 bits per heavy atom. The number of carbonyl (C=O) groups excluding carboxylic acids is 1. The van der Waals surface area contributed by atoms with Crippen LogP contribution in [0.4, 0.5) is 11.8 Å². The van der Waals surface area contributed by atoms with Gasteiger partial charge in [-0.15, -0.1) is 0 Å². The van der Waals surface area contributed by atoms with Crippen LogP contribution < -0.4 is 11.1 Å². The second-order valence-electron chi connectivity index (χ2n) is 10.5. The highest BCUT2D eigenvalue weighted by Gasteiger charge is 2.25. The molecule has 1 saturated heterocycles. The maximum atomic E-state index is 12.4. The lowest BCUT2D eigenvalue weighted by Gasteiger charge is -2.33. The smallest absolute Gasteiger partial charge is 0.236 e. The second-order valence-corrected chi connectivity index (χ2v) is 10.5. The number of aliphatic hydroxyl groups excluding tert-OH is 1. The van der Waals surface area contributed by atoms with Crippen LogP contribution in [-0.4, -0.2) is 91.9 Å². The molecule has 0 spiro atoms. The third-order valence-electron chi connectivity index (χ3n) is 7.24. The Balaban J connectivity index is 1.50. The minimum absolute atomic E-state index is 0.0783. The number of nitrogens with one attached hydrogen (secondary N) is 1. The van der Waals surface area contributed by atoms with E-state index in [1.165, 1.54) is 5.56 Å². The number of aromatic nitrogens is 5. The maximum absolute atomic E-state index is 12.4. The zero-order chi connectivity index (χ0) is 27.2. The first-order valence-corrected chi connectivity index (χ1v) is 13.5. The van der Waals surface area contributed by atoms with Crippen LogP contribution in [0.25, 0.3) is 11.0 Å². The number of pyridine rings is 1. The van der Waals surface area contributed by atoms with Gasteiger partial charge < -0.3 is 26.0 Å². The van der Waals surface area contributed by atoms with Crippen molar-refractivity contribution in [2.45, 2.75) is 64.5 Å². The molecule has 1 aliphatic rings. The van der Waals surface area contributed by atoms with Crippen LogP contribution in [0, 0.1) is 6.92 Å². The van der Waals surface area contributed by atoms with Crippen LogP contribution in [0.5, 0.6) is 0 Å². The van der Waals surface area contributed by atoms with Gasteiger partial charge >= 0.3 is 0 Å². The van der Waals surface area contributed by atoms with E-state index < -0.39 is 0 Å². The molecule has 0 aliphatic carbocycles. The van der Waals surface area contributed by atoms with Gasteiger partial charge in [0.05, 0.1) is 25.0 Å². The Labute approximate surface area is 224 Å². The van der Waals surface area contributed by atoms with Crippen LogP contribution in [0.15, 0.2) is 18.5 Å². The van der Waals surface area contributed by atoms with Crippen LogP contribution in [0.2, 0.25) is 0 Å². The minimum atomic E-state index is 0.0783. The van der Waals surface area contributed by atoms with Gasteiger partial charge in [-0.25, -0.2) is 4.98 Å². The molecule has 1 fully saturated rings. The summed E-state index contributed by atoms with van der Waals surface area (Å²) in [7, 11) is 3.85. The van der Waals surface area contributed by atoms with E-state index in [1.54, 1.807) is 6.20 Å². The number of carbonyl (C=O) groups is 1. The number of hydrogen-bond acceptors (Lipinski definition) is 9. The monoisotopic (exact) mass is 523 g/mol. The first-order valence-electron chi connectivity index (χ1n) is 13.5. The average molecular weight is 524 g/mol. The molecule has 1 unspecified atom stereocenters. The van der Waals surface area contributed by atoms with Crippen molar-refractivity contribution in [3.63, 3.8) is 0 Å². The summed E-state index contributed by atoms with van der Waals surface area (Å²) in [4.78, 5) is 30.0. The van der Waals surface area contributed by atoms with Gasteiger partial charge in [0.25, 0.3) is 0 Å². The zero-order valence-electron chi connectivity index (χ0n) is 23.0. The Bertz CT molecular complexity index is 1230. The lowest BCUT2D eigenvalue weighted by Crippen LogP contribution is -2.42. The van der Waals surface area contributed by atoms with Gasteiger partial charge in [-0.05, 0) is 63.7 Å². The molecule has 0 aromatic carbocycles. The molecule has 4 heterocycles. The fourth-order valence-electron chi connectivity index (χ4n) is 5.21. The van der Waals surface area contributed by atoms with E-state index in [4.69, 9.17) is 10.7 Å². The molecular weight excluding hydrogens is 482 g/mol. The second kappa shape index (κ2) is 12.5. The summed E-state index contributed by atoms with van der Waals surface area (Å²) in [5.74, 6) is 1.41. The van der Waals surface area contributed by atoms with Crippen molar-refractivity contribution < 1.29 is 9.90 Å². The summed E-state index contributed by atoms with van der Waals surface area (Å²) >= 11 is 0. The van der Waals surface area contributed by atoms with Gasteiger partial charge in [0.15, 0.2) is 5.82 Å². The quantitative estimate of drug-likeness (QED) is 0.346. The van der Waals surface area contributed by atoms with Gasteiger partial charge in [0.1, 0.15) is 11.0 Å². The van der Waals surface area contributed by atoms with Gasteiger partial charge in [-0.2, -0.15) is 10.1 Å². The number of rotatable bonds is 11. The first kappa shape index (κ1) is 27.7. The number of nitrogens with zero attached hydrogens (tertiary/aromatic N) is 7. The van der Waals surface area contributed by atoms with Crippen LogP contribution in [0.1, 0.15) is 61.8 Å². The summed E-state index contributed by atoms with van der Waals surface area (Å²) in [6.45, 7) is 6.80. The normalized spacial score (nSPS) is 15.4. The van der Waals surface area contributed by atoms with E-state index in [-0.39, 0.29) is 24.5 Å². The summed E-state index contributed by atoms with van der Waals surface area (Å²) < 4.78 is 1.86. The third-order valence-corrected chi connectivity index (χ3v) is 7.24. The van der Waals surface area contributed by atoms with E-state index in [1.807, 2.05) is 34.8 Å². The summed E-state index contributed by atoms with van der Waals surface area (Å²) in [5, 5.41) is 17.5. The van der Waals surface area contributed by atoms with E-state index in [9.17, 15) is 9.90 Å². The van der Waals surface area contributed by atoms with Crippen molar-refractivity contribution in [1.29, 1.82) is 0 Å². The lowest BCUT2D eigenvalue weighted by atomic mass is 9.89. The first-order chi connectivity index (χ1) is 18.3. The van der Waals surface area contributed by atoms with Gasteiger partial charge in [0, 0.05) is 31.9 Å². The number of nitrogen functional groups attached to an aromatic ring is 1. The lowest BCUT2D eigenvalue weighted by molar-refractivity contribution is -0.132. The summed E-state index contributed by atoms with van der Waals surface area (Å²) in [6.07, 6.45) is 8.09. The molecule has 4 rings (SSSR count). The Morgan fingerprint density at radius 1 is 1.24 bits per heavy atom. The largest absolute Gasteiger partial charge is 0.396 e. The predicted molar refractivity (Wildman–Crippen MR) is 149 cm³/mol. The molecule has 0 bridgehead atoms. The number of piperidine rings is 1. The number of amides is 1. The highest BCUT2D eigenvalue weighted by Crippen LogP contribution is 2.29. The average Bonchev–Trinajstić information content (AvgIpc) is 3.27. The van der Waals surface area contributed by atoms with E-state index in [2.05, 4.69) is 40.3 Å². The van der Waals surface area contributed by atoms with Crippen molar-refractivity contribution in [3.8, 4) is 0 Å². The molecule has 1 atom stereocenters. The summed E-state index contributed by atoms with van der Waals surface area (Å²) in [5.41, 5.74) is 10.7. The van der Waals surface area contributed by atoms with Crippen molar-refractivity contribution in [1.82, 2.24) is 34.5 Å². The van der Waals surface area contributed by atoms with Crippen molar-refractivity contribution in [2.75, 3.05) is 51.4 Å². The number of likely N-dealkylation sites (N-methyl/N-ethyl adjacent to an activating group) is 1. The van der Waals surface area contributed by atoms with Crippen molar-refractivity contribution in [2.24, 2.45) is 0 Å². The molecule has 1 amide bonds. The van der Waals surface area contributed by atoms with E-state index >= 15 is 0 Å². The number of anilines is 2. The predicted octanol–water partition coefficient (Wildman–Crippen LogP) is 2.39. The number of hydrogen-bond donors (Lipinski definition) is 3. The summed E-state index contributed by atoms with van der Waals surface area (Å²) in [6, 6.07) is 2.30. The fourth-order valence-corrected chi connectivity index (χ4v) is 5.21. The van der Waals surface area contributed by atoms with Crippen molar-refractivity contribution >= 4 is 28.7 Å². The maximum Gasteiger partial charge on any atom is 0.236 e. The molecule has 206 valence electrons. The standard InChI is InChI=1S/C27H41N9O2/c1-5-6-21(9-12-37)31-26-25-22(32-27(28)33-26)15-30-36(25)16-23-18(2)13-20(14-29-23)19-7-10-35(11-8-19)24(38)17-34(3)4/h13-15,19,21,37H,5-12,16-17H2,1-4H3,(H3,28,31,32,33). The molecule has 0 radical (unpaired) electrons. The Morgan fingerprint density at radius 3 is 2.66 bits per heavy atom. The zero-order valence-corrected chi connectivity index (χ0v) is 23.0.